The standard InChI is InChI=1S/C15H19NO4S/c1-20-11-9-13(15(18)19)16(10-11)14(17)7-8-21-12-5-3-2-4-6-12/h2-6,11,13H,7-10H2,1H3,(H,18,19). The van der Waals surface area contributed by atoms with Crippen molar-refractivity contribution in [3.05, 3.63) is 30.3 Å². The molecule has 5 nitrogen and oxygen atoms in total. The Morgan fingerprint density at radius 1 is 1.38 bits per heavy atom. The predicted octanol–water partition coefficient (Wildman–Crippen LogP) is 1.87. The van der Waals surface area contributed by atoms with Gasteiger partial charge in [0.1, 0.15) is 6.04 Å². The Morgan fingerprint density at radius 3 is 2.71 bits per heavy atom. The van der Waals surface area contributed by atoms with Crippen LogP contribution in [0.25, 0.3) is 0 Å². The van der Waals surface area contributed by atoms with E-state index in [4.69, 9.17) is 4.74 Å². The summed E-state index contributed by atoms with van der Waals surface area (Å²) in [5, 5.41) is 9.19. The van der Waals surface area contributed by atoms with Crippen molar-refractivity contribution >= 4 is 23.6 Å². The quantitative estimate of drug-likeness (QED) is 0.813. The lowest BCUT2D eigenvalue weighted by atomic mass is 10.2. The molecule has 1 aromatic carbocycles. The van der Waals surface area contributed by atoms with E-state index < -0.39 is 12.0 Å². The van der Waals surface area contributed by atoms with Crippen LogP contribution in [0.15, 0.2) is 35.2 Å². The molecule has 0 aliphatic carbocycles. The van der Waals surface area contributed by atoms with Gasteiger partial charge in [-0.3, -0.25) is 4.79 Å². The summed E-state index contributed by atoms with van der Waals surface area (Å²) in [6.45, 7) is 0.363. The van der Waals surface area contributed by atoms with Crippen molar-refractivity contribution in [1.82, 2.24) is 4.90 Å². The lowest BCUT2D eigenvalue weighted by molar-refractivity contribution is -0.148. The molecule has 0 bridgehead atoms. The summed E-state index contributed by atoms with van der Waals surface area (Å²) in [5.74, 6) is -0.437. The number of ether oxygens (including phenoxy) is 1. The molecule has 1 aromatic rings. The molecule has 1 aliphatic heterocycles. The van der Waals surface area contributed by atoms with Gasteiger partial charge in [0.15, 0.2) is 0 Å². The SMILES string of the molecule is COC1CC(C(=O)O)N(C(=O)CCSc2ccccc2)C1. The van der Waals surface area contributed by atoms with Crippen LogP contribution in [0.2, 0.25) is 0 Å². The maximum absolute atomic E-state index is 12.2. The minimum Gasteiger partial charge on any atom is -0.480 e. The zero-order valence-electron chi connectivity index (χ0n) is 11.9. The van der Waals surface area contributed by atoms with E-state index in [-0.39, 0.29) is 12.0 Å². The number of carboxylic acids is 1. The summed E-state index contributed by atoms with van der Waals surface area (Å²) < 4.78 is 5.18. The fraction of sp³-hybridized carbons (Fsp3) is 0.467. The van der Waals surface area contributed by atoms with Crippen LogP contribution in [0, 0.1) is 0 Å². The second-order valence-corrected chi connectivity index (χ2v) is 6.07. The number of carbonyl (C=O) groups is 2. The molecule has 1 aliphatic rings. The zero-order valence-corrected chi connectivity index (χ0v) is 12.7. The van der Waals surface area contributed by atoms with Crippen molar-refractivity contribution in [2.75, 3.05) is 19.4 Å². The molecule has 2 atom stereocenters. The fourth-order valence-electron chi connectivity index (χ4n) is 2.39. The van der Waals surface area contributed by atoms with Crippen LogP contribution in [0.1, 0.15) is 12.8 Å². The Kier molecular flexibility index (Phi) is 5.64. The molecule has 1 amide bonds. The van der Waals surface area contributed by atoms with Gasteiger partial charge in [0.2, 0.25) is 5.91 Å². The Bertz CT molecular complexity index is 494. The maximum atomic E-state index is 12.2. The Hall–Kier alpha value is -1.53. The minimum absolute atomic E-state index is 0.120. The first-order valence-electron chi connectivity index (χ1n) is 6.84. The highest BCUT2D eigenvalue weighted by atomic mass is 32.2. The zero-order chi connectivity index (χ0) is 15.2. The molecule has 1 heterocycles. The molecular formula is C15H19NO4S. The summed E-state index contributed by atoms with van der Waals surface area (Å²) in [5.41, 5.74) is 0. The summed E-state index contributed by atoms with van der Waals surface area (Å²) in [6.07, 6.45) is 0.514. The molecule has 114 valence electrons. The van der Waals surface area contributed by atoms with E-state index in [9.17, 15) is 14.7 Å². The topological polar surface area (TPSA) is 66.8 Å². The van der Waals surface area contributed by atoms with Crippen molar-refractivity contribution in [3.8, 4) is 0 Å². The third kappa shape index (κ3) is 4.22. The normalized spacial score (nSPS) is 21.5. The number of benzene rings is 1. The molecule has 0 spiro atoms. The average Bonchev–Trinajstić information content (AvgIpc) is 2.93. The Balaban J connectivity index is 1.85. The molecule has 0 saturated carbocycles. The van der Waals surface area contributed by atoms with E-state index in [0.717, 1.165) is 4.90 Å². The predicted molar refractivity (Wildman–Crippen MR) is 80.3 cm³/mol. The highest BCUT2D eigenvalue weighted by Crippen LogP contribution is 2.23. The van der Waals surface area contributed by atoms with E-state index >= 15 is 0 Å². The van der Waals surface area contributed by atoms with Crippen LogP contribution < -0.4 is 0 Å². The van der Waals surface area contributed by atoms with Gasteiger partial charge in [0.05, 0.1) is 6.10 Å². The van der Waals surface area contributed by atoms with E-state index in [1.807, 2.05) is 30.3 Å². The summed E-state index contributed by atoms with van der Waals surface area (Å²) in [7, 11) is 1.54. The van der Waals surface area contributed by atoms with E-state index in [0.29, 0.717) is 25.1 Å². The third-order valence-corrected chi connectivity index (χ3v) is 4.54. The van der Waals surface area contributed by atoms with Crippen LogP contribution in [-0.4, -0.2) is 53.4 Å². The van der Waals surface area contributed by atoms with Crippen molar-refractivity contribution < 1.29 is 19.4 Å². The van der Waals surface area contributed by atoms with Gasteiger partial charge in [-0.15, -0.1) is 11.8 Å². The van der Waals surface area contributed by atoms with Crippen LogP contribution in [0.5, 0.6) is 0 Å². The van der Waals surface area contributed by atoms with Gasteiger partial charge in [-0.1, -0.05) is 18.2 Å². The van der Waals surface area contributed by atoms with E-state index in [2.05, 4.69) is 0 Å². The van der Waals surface area contributed by atoms with Gasteiger partial charge < -0.3 is 14.7 Å². The molecule has 2 unspecified atom stereocenters. The second kappa shape index (κ2) is 7.47. The number of carbonyl (C=O) groups excluding carboxylic acids is 1. The molecule has 1 N–H and O–H groups in total. The van der Waals surface area contributed by atoms with Gasteiger partial charge >= 0.3 is 5.97 Å². The number of likely N-dealkylation sites (tertiary alicyclic amines) is 1. The van der Waals surface area contributed by atoms with E-state index in [1.54, 1.807) is 18.9 Å². The number of hydrogen-bond acceptors (Lipinski definition) is 4. The lowest BCUT2D eigenvalue weighted by Crippen LogP contribution is -2.40. The van der Waals surface area contributed by atoms with Crippen LogP contribution in [0.4, 0.5) is 0 Å². The van der Waals surface area contributed by atoms with Crippen molar-refractivity contribution in [3.63, 3.8) is 0 Å². The van der Waals surface area contributed by atoms with Crippen LogP contribution in [-0.2, 0) is 14.3 Å². The second-order valence-electron chi connectivity index (χ2n) is 4.91. The summed E-state index contributed by atoms with van der Waals surface area (Å²) in [4.78, 5) is 26.0. The molecule has 0 radical (unpaired) electrons. The largest absolute Gasteiger partial charge is 0.480 e. The van der Waals surface area contributed by atoms with Gasteiger partial charge in [0.25, 0.3) is 0 Å². The van der Waals surface area contributed by atoms with Crippen LogP contribution in [0.3, 0.4) is 0 Å². The molecule has 6 heteroatoms. The minimum atomic E-state index is -0.960. The number of hydrogen-bond donors (Lipinski definition) is 1. The Labute approximate surface area is 128 Å². The first-order valence-corrected chi connectivity index (χ1v) is 7.83. The summed E-state index contributed by atoms with van der Waals surface area (Å²) >= 11 is 1.60. The first-order chi connectivity index (χ1) is 10.1. The molecule has 0 aromatic heterocycles. The number of nitrogens with zero attached hydrogens (tertiary/aromatic N) is 1. The van der Waals surface area contributed by atoms with Crippen molar-refractivity contribution in [2.24, 2.45) is 0 Å². The van der Waals surface area contributed by atoms with Crippen LogP contribution >= 0.6 is 11.8 Å². The fourth-order valence-corrected chi connectivity index (χ4v) is 3.26. The number of amides is 1. The monoisotopic (exact) mass is 309 g/mol. The van der Waals surface area contributed by atoms with Gasteiger partial charge in [-0.05, 0) is 12.1 Å². The maximum Gasteiger partial charge on any atom is 0.326 e. The molecule has 1 fully saturated rings. The lowest BCUT2D eigenvalue weighted by Gasteiger charge is -2.21. The number of thioether (sulfide) groups is 1. The number of aliphatic carboxylic acids is 1. The number of carboxylic acid groups (broad SMARTS) is 1. The number of rotatable bonds is 6. The highest BCUT2D eigenvalue weighted by Gasteiger charge is 2.39. The average molecular weight is 309 g/mol. The molecular weight excluding hydrogens is 290 g/mol. The molecule has 1 saturated heterocycles. The van der Waals surface area contributed by atoms with Crippen molar-refractivity contribution in [1.29, 1.82) is 0 Å². The Morgan fingerprint density at radius 2 is 2.10 bits per heavy atom. The number of methoxy groups -OCH3 is 1. The first kappa shape index (κ1) is 15.9. The smallest absolute Gasteiger partial charge is 0.326 e. The van der Waals surface area contributed by atoms with Gasteiger partial charge in [-0.2, -0.15) is 0 Å². The summed E-state index contributed by atoms with van der Waals surface area (Å²) in [6, 6.07) is 9.08. The highest BCUT2D eigenvalue weighted by molar-refractivity contribution is 7.99. The molecule has 2 rings (SSSR count). The molecule has 21 heavy (non-hydrogen) atoms. The van der Waals surface area contributed by atoms with E-state index in [1.165, 1.54) is 4.90 Å². The van der Waals surface area contributed by atoms with Gasteiger partial charge in [-0.25, -0.2) is 4.79 Å². The van der Waals surface area contributed by atoms with Gasteiger partial charge in [0, 0.05) is 37.1 Å². The third-order valence-electron chi connectivity index (χ3n) is 3.53. The van der Waals surface area contributed by atoms with Crippen molar-refractivity contribution in [2.45, 2.75) is 29.9 Å².